The van der Waals surface area contributed by atoms with Crippen LogP contribution in [0.4, 0.5) is 0 Å². The maximum atomic E-state index is 13.0. The highest BCUT2D eigenvalue weighted by atomic mass is 16.2. The van der Waals surface area contributed by atoms with Crippen molar-refractivity contribution in [2.24, 2.45) is 17.8 Å². The minimum Gasteiger partial charge on any atom is -0.342 e. The Morgan fingerprint density at radius 1 is 1.10 bits per heavy atom. The number of carbonyl (C=O) groups excluding carboxylic acids is 2. The first-order chi connectivity index (χ1) is 10.1. The van der Waals surface area contributed by atoms with E-state index in [-0.39, 0.29) is 29.8 Å². The quantitative estimate of drug-likeness (QED) is 0.864. The van der Waals surface area contributed by atoms with Gasteiger partial charge in [0.2, 0.25) is 11.8 Å². The lowest BCUT2D eigenvalue weighted by atomic mass is 9.81. The van der Waals surface area contributed by atoms with Crippen LogP contribution in [0.25, 0.3) is 0 Å². The van der Waals surface area contributed by atoms with Gasteiger partial charge in [0.25, 0.3) is 0 Å². The molecular weight excluding hydrogens is 264 g/mol. The zero-order chi connectivity index (χ0) is 15.0. The van der Waals surface area contributed by atoms with E-state index in [1.165, 1.54) is 32.1 Å². The third-order valence-corrected chi connectivity index (χ3v) is 5.36. The Hall–Kier alpha value is -1.06. The van der Waals surface area contributed by atoms with E-state index in [9.17, 15) is 9.59 Å². The molecule has 2 unspecified atom stereocenters. The summed E-state index contributed by atoms with van der Waals surface area (Å²) in [4.78, 5) is 27.4. The molecule has 0 radical (unpaired) electrons. The zero-order valence-corrected chi connectivity index (χ0v) is 13.3. The highest BCUT2D eigenvalue weighted by Gasteiger charge is 2.46. The second-order valence-corrected chi connectivity index (χ2v) is 7.51. The van der Waals surface area contributed by atoms with Gasteiger partial charge in [-0.1, -0.05) is 33.1 Å². The van der Waals surface area contributed by atoms with Crippen LogP contribution < -0.4 is 5.32 Å². The molecule has 0 aromatic rings. The van der Waals surface area contributed by atoms with Crippen LogP contribution in [-0.2, 0) is 9.59 Å². The van der Waals surface area contributed by atoms with E-state index in [1.54, 1.807) is 0 Å². The number of carbonyl (C=O) groups is 2. The van der Waals surface area contributed by atoms with Crippen molar-refractivity contribution < 1.29 is 9.59 Å². The molecule has 1 N–H and O–H groups in total. The maximum Gasteiger partial charge on any atom is 0.246 e. The van der Waals surface area contributed by atoms with E-state index >= 15 is 0 Å². The van der Waals surface area contributed by atoms with Crippen molar-refractivity contribution >= 4 is 11.8 Å². The fourth-order valence-corrected chi connectivity index (χ4v) is 3.99. The van der Waals surface area contributed by atoms with Crippen LogP contribution in [0.1, 0.15) is 58.8 Å². The summed E-state index contributed by atoms with van der Waals surface area (Å²) in [5.74, 6) is 1.42. The Kier molecular flexibility index (Phi) is 4.23. The highest BCUT2D eigenvalue weighted by Crippen LogP contribution is 2.34. The van der Waals surface area contributed by atoms with Gasteiger partial charge in [0.1, 0.15) is 12.1 Å². The third-order valence-electron chi connectivity index (χ3n) is 5.36. The van der Waals surface area contributed by atoms with Crippen LogP contribution in [0.2, 0.25) is 0 Å². The molecule has 21 heavy (non-hydrogen) atoms. The predicted molar refractivity (Wildman–Crippen MR) is 81.6 cm³/mol. The summed E-state index contributed by atoms with van der Waals surface area (Å²) in [6.07, 6.45) is 8.25. The van der Waals surface area contributed by atoms with E-state index in [1.807, 2.05) is 18.7 Å². The van der Waals surface area contributed by atoms with Gasteiger partial charge in [-0.3, -0.25) is 9.59 Å². The number of piperazine rings is 1. The lowest BCUT2D eigenvalue weighted by molar-refractivity contribution is -0.153. The van der Waals surface area contributed by atoms with Crippen molar-refractivity contribution in [2.45, 2.75) is 70.9 Å². The van der Waals surface area contributed by atoms with Gasteiger partial charge in [-0.25, -0.2) is 0 Å². The molecule has 0 aromatic heterocycles. The van der Waals surface area contributed by atoms with Crippen molar-refractivity contribution in [3.05, 3.63) is 0 Å². The van der Waals surface area contributed by atoms with E-state index in [0.717, 1.165) is 19.4 Å². The average Bonchev–Trinajstić information content (AvgIpc) is 3.27. The normalized spacial score (nSPS) is 31.7. The summed E-state index contributed by atoms with van der Waals surface area (Å²) in [5.41, 5.74) is 0. The Morgan fingerprint density at radius 3 is 2.33 bits per heavy atom. The van der Waals surface area contributed by atoms with Gasteiger partial charge in [0.05, 0.1) is 0 Å². The fraction of sp³-hybridized carbons (Fsp3) is 0.882. The molecule has 0 bridgehead atoms. The first-order valence-electron chi connectivity index (χ1n) is 8.68. The molecule has 118 valence electrons. The smallest absolute Gasteiger partial charge is 0.246 e. The monoisotopic (exact) mass is 292 g/mol. The second kappa shape index (κ2) is 5.98. The van der Waals surface area contributed by atoms with Crippen molar-refractivity contribution in [1.82, 2.24) is 10.2 Å². The molecule has 4 nitrogen and oxygen atoms in total. The number of nitrogens with one attached hydrogen (secondary N) is 1. The van der Waals surface area contributed by atoms with Gasteiger partial charge in [0.15, 0.2) is 0 Å². The summed E-state index contributed by atoms with van der Waals surface area (Å²) >= 11 is 0. The Balaban J connectivity index is 1.77. The van der Waals surface area contributed by atoms with Gasteiger partial charge < -0.3 is 10.2 Å². The number of hydrogen-bond donors (Lipinski definition) is 1. The van der Waals surface area contributed by atoms with Gasteiger partial charge in [0, 0.05) is 6.54 Å². The average molecular weight is 292 g/mol. The standard InChI is InChI=1S/C17H28N2O2/c1-11(2)15-16(20)18-14(13-6-4-3-5-7-13)17(21)19(15)10-12-8-9-12/h11-15H,3-10H2,1-2H3,(H,18,20). The second-order valence-electron chi connectivity index (χ2n) is 7.51. The number of rotatable bonds is 4. The third kappa shape index (κ3) is 3.09. The Morgan fingerprint density at radius 2 is 1.76 bits per heavy atom. The first-order valence-corrected chi connectivity index (χ1v) is 8.68. The fourth-order valence-electron chi connectivity index (χ4n) is 3.99. The molecule has 2 saturated carbocycles. The van der Waals surface area contributed by atoms with Crippen molar-refractivity contribution in [1.29, 1.82) is 0 Å². The van der Waals surface area contributed by atoms with Crippen LogP contribution in [0, 0.1) is 17.8 Å². The molecule has 3 fully saturated rings. The van der Waals surface area contributed by atoms with Gasteiger partial charge in [-0.05, 0) is 43.4 Å². The minimum absolute atomic E-state index is 0.0702. The van der Waals surface area contributed by atoms with E-state index < -0.39 is 0 Å². The molecule has 1 saturated heterocycles. The van der Waals surface area contributed by atoms with Gasteiger partial charge in [-0.2, -0.15) is 0 Å². The largest absolute Gasteiger partial charge is 0.342 e. The van der Waals surface area contributed by atoms with Crippen molar-refractivity contribution in [3.8, 4) is 0 Å². The lowest BCUT2D eigenvalue weighted by Crippen LogP contribution is -2.66. The van der Waals surface area contributed by atoms with E-state index in [4.69, 9.17) is 0 Å². The van der Waals surface area contributed by atoms with Crippen LogP contribution in [0.5, 0.6) is 0 Å². The van der Waals surface area contributed by atoms with Crippen LogP contribution in [0.3, 0.4) is 0 Å². The molecule has 2 atom stereocenters. The Bertz CT molecular complexity index is 411. The number of hydrogen-bond acceptors (Lipinski definition) is 2. The van der Waals surface area contributed by atoms with Crippen LogP contribution >= 0.6 is 0 Å². The Labute approximate surface area is 127 Å². The molecule has 0 spiro atoms. The molecule has 1 heterocycles. The predicted octanol–water partition coefficient (Wildman–Crippen LogP) is 2.33. The van der Waals surface area contributed by atoms with E-state index in [0.29, 0.717) is 11.8 Å². The summed E-state index contributed by atoms with van der Waals surface area (Å²) in [7, 11) is 0. The zero-order valence-electron chi connectivity index (χ0n) is 13.3. The van der Waals surface area contributed by atoms with Crippen molar-refractivity contribution in [3.63, 3.8) is 0 Å². The van der Waals surface area contributed by atoms with E-state index in [2.05, 4.69) is 5.32 Å². The summed E-state index contributed by atoms with van der Waals surface area (Å²) in [5, 5.41) is 3.06. The van der Waals surface area contributed by atoms with Gasteiger partial charge in [-0.15, -0.1) is 0 Å². The van der Waals surface area contributed by atoms with Crippen molar-refractivity contribution in [2.75, 3.05) is 6.54 Å². The van der Waals surface area contributed by atoms with Gasteiger partial charge >= 0.3 is 0 Å². The molecule has 3 aliphatic rings. The summed E-state index contributed by atoms with van der Waals surface area (Å²) in [6.45, 7) is 4.87. The topological polar surface area (TPSA) is 49.4 Å². The molecular formula is C17H28N2O2. The van der Waals surface area contributed by atoms with Crippen LogP contribution in [-0.4, -0.2) is 35.3 Å². The maximum absolute atomic E-state index is 13.0. The molecule has 0 aromatic carbocycles. The number of nitrogens with zero attached hydrogens (tertiary/aromatic N) is 1. The molecule has 3 rings (SSSR count). The molecule has 4 heteroatoms. The number of amides is 2. The molecule has 2 aliphatic carbocycles. The minimum atomic E-state index is -0.266. The first kappa shape index (κ1) is 14.9. The molecule has 2 amide bonds. The summed E-state index contributed by atoms with van der Waals surface area (Å²) in [6, 6.07) is -0.524. The SMILES string of the molecule is CC(C)C1C(=O)NC(C2CCCCC2)C(=O)N1CC1CC1. The van der Waals surface area contributed by atoms with Crippen LogP contribution in [0.15, 0.2) is 0 Å². The highest BCUT2D eigenvalue weighted by molar-refractivity contribution is 5.97. The lowest BCUT2D eigenvalue weighted by Gasteiger charge is -2.44. The summed E-state index contributed by atoms with van der Waals surface area (Å²) < 4.78 is 0. The molecule has 1 aliphatic heterocycles.